The quantitative estimate of drug-likeness (QED) is 0.480. The molecule has 33 heavy (non-hydrogen) atoms. The first-order valence-electron chi connectivity index (χ1n) is 11.1. The van der Waals surface area contributed by atoms with Gasteiger partial charge in [0.1, 0.15) is 5.75 Å². The van der Waals surface area contributed by atoms with Crippen LogP contribution in [-0.4, -0.2) is 55.7 Å². The van der Waals surface area contributed by atoms with Crippen molar-refractivity contribution in [3.05, 3.63) is 89.7 Å². The van der Waals surface area contributed by atoms with Gasteiger partial charge in [-0.2, -0.15) is 0 Å². The molecule has 4 rings (SSSR count). The fraction of sp³-hybridized carbons (Fsp3) is 0.308. The monoisotopic (exact) mass is 463 g/mol. The first kappa shape index (κ1) is 23.3. The van der Waals surface area contributed by atoms with Crippen LogP contribution in [-0.2, 0) is 10.5 Å². The fourth-order valence-corrected chi connectivity index (χ4v) is 4.65. The predicted molar refractivity (Wildman–Crippen MR) is 131 cm³/mol. The molecule has 0 saturated carbocycles. The number of carbonyl (C=O) groups is 1. The maximum absolute atomic E-state index is 12.9. The highest BCUT2D eigenvalue weighted by Crippen LogP contribution is 2.25. The second-order valence-corrected chi connectivity index (χ2v) is 8.87. The van der Waals surface area contributed by atoms with Gasteiger partial charge in [-0.1, -0.05) is 18.2 Å². The van der Waals surface area contributed by atoms with Crippen LogP contribution in [0, 0.1) is 0 Å². The van der Waals surface area contributed by atoms with Crippen LogP contribution in [0.25, 0.3) is 0 Å². The molecule has 1 atom stereocenters. The van der Waals surface area contributed by atoms with Crippen LogP contribution in [0.2, 0.25) is 0 Å². The summed E-state index contributed by atoms with van der Waals surface area (Å²) in [4.78, 5) is 20.5. The number of methoxy groups -OCH3 is 1. The van der Waals surface area contributed by atoms with E-state index >= 15 is 0 Å². The number of benzene rings is 2. The Morgan fingerprint density at radius 2 is 1.88 bits per heavy atom. The maximum atomic E-state index is 12.9. The molecule has 1 N–H and O–H groups in total. The van der Waals surface area contributed by atoms with Crippen molar-refractivity contribution in [3.63, 3.8) is 0 Å². The van der Waals surface area contributed by atoms with Crippen molar-refractivity contribution in [2.75, 3.05) is 40.0 Å². The molecule has 0 spiro atoms. The maximum Gasteiger partial charge on any atom is 0.251 e. The zero-order valence-electron chi connectivity index (χ0n) is 18.8. The molecule has 3 aromatic rings. The molecule has 2 heterocycles. The van der Waals surface area contributed by atoms with Crippen molar-refractivity contribution in [2.45, 2.75) is 16.7 Å². The molecule has 1 saturated heterocycles. The van der Waals surface area contributed by atoms with Crippen LogP contribution in [0.5, 0.6) is 5.75 Å². The summed E-state index contributed by atoms with van der Waals surface area (Å²) in [5.74, 6) is 1.61. The number of hydrogen-bond donors (Lipinski definition) is 1. The Bertz CT molecular complexity index is 1010. The number of rotatable bonds is 9. The molecule has 0 aliphatic carbocycles. The summed E-state index contributed by atoms with van der Waals surface area (Å²) < 4.78 is 10.8. The minimum atomic E-state index is -0.0643. The number of aromatic nitrogens is 1. The highest BCUT2D eigenvalue weighted by Gasteiger charge is 2.23. The van der Waals surface area contributed by atoms with Crippen molar-refractivity contribution in [1.82, 2.24) is 15.2 Å². The number of amides is 1. The number of ether oxygens (including phenoxy) is 2. The fourth-order valence-electron chi connectivity index (χ4n) is 3.82. The van der Waals surface area contributed by atoms with Crippen molar-refractivity contribution >= 4 is 17.7 Å². The summed E-state index contributed by atoms with van der Waals surface area (Å²) in [6.45, 7) is 3.63. The summed E-state index contributed by atoms with van der Waals surface area (Å²) in [6.07, 6.45) is 3.66. The van der Waals surface area contributed by atoms with Gasteiger partial charge in [0, 0.05) is 48.2 Å². The van der Waals surface area contributed by atoms with E-state index in [0.717, 1.165) is 35.1 Å². The minimum absolute atomic E-state index is 0.0643. The Balaban J connectivity index is 1.37. The molecular weight excluding hydrogens is 434 g/mol. The lowest BCUT2D eigenvalue weighted by Crippen LogP contribution is -2.43. The topological polar surface area (TPSA) is 63.7 Å². The molecule has 1 unspecified atom stereocenters. The van der Waals surface area contributed by atoms with Gasteiger partial charge in [-0.25, -0.2) is 0 Å². The Kier molecular flexibility index (Phi) is 8.35. The molecule has 7 heteroatoms. The van der Waals surface area contributed by atoms with Gasteiger partial charge in [-0.15, -0.1) is 11.8 Å². The van der Waals surface area contributed by atoms with Gasteiger partial charge in [0.25, 0.3) is 5.91 Å². The number of pyridine rings is 1. The third kappa shape index (κ3) is 6.57. The summed E-state index contributed by atoms with van der Waals surface area (Å²) in [5.41, 5.74) is 2.99. The lowest BCUT2D eigenvalue weighted by molar-refractivity contribution is 0.0162. The number of nitrogens with one attached hydrogen (secondary N) is 1. The third-order valence-corrected chi connectivity index (χ3v) is 6.77. The van der Waals surface area contributed by atoms with E-state index in [2.05, 4.69) is 33.4 Å². The normalized spacial score (nSPS) is 15.1. The van der Waals surface area contributed by atoms with E-state index in [1.165, 1.54) is 5.56 Å². The second kappa shape index (κ2) is 11.8. The molecule has 1 aromatic heterocycles. The van der Waals surface area contributed by atoms with Gasteiger partial charge < -0.3 is 14.8 Å². The number of thioether (sulfide) groups is 1. The van der Waals surface area contributed by atoms with Gasteiger partial charge in [-0.3, -0.25) is 14.7 Å². The molecule has 6 nitrogen and oxygen atoms in total. The molecule has 1 amide bonds. The lowest BCUT2D eigenvalue weighted by Gasteiger charge is -2.35. The SMILES string of the molecule is COc1ccc(C(CNC(=O)c2ccc(SCc3cccnc3)cc2)N2CCOCC2)cc1. The number of carbonyl (C=O) groups excluding carboxylic acids is 1. The van der Waals surface area contributed by atoms with E-state index in [1.54, 1.807) is 25.1 Å². The smallest absolute Gasteiger partial charge is 0.251 e. The van der Waals surface area contributed by atoms with Crippen LogP contribution in [0.4, 0.5) is 0 Å². The first-order chi connectivity index (χ1) is 16.2. The molecular formula is C26H29N3O3S. The standard InChI is InChI=1S/C26H29N3O3S/c1-31-23-8-4-21(5-9-23)25(29-13-15-32-16-14-29)18-28-26(30)22-6-10-24(11-7-22)33-19-20-3-2-12-27-17-20/h2-12,17,25H,13-16,18-19H2,1H3,(H,28,30). The van der Waals surface area contributed by atoms with E-state index < -0.39 is 0 Å². The van der Waals surface area contributed by atoms with Crippen molar-refractivity contribution in [1.29, 1.82) is 0 Å². The van der Waals surface area contributed by atoms with E-state index in [0.29, 0.717) is 25.3 Å². The van der Waals surface area contributed by atoms with Crippen molar-refractivity contribution in [2.24, 2.45) is 0 Å². The molecule has 0 bridgehead atoms. The average molecular weight is 464 g/mol. The molecule has 1 aliphatic rings. The van der Waals surface area contributed by atoms with Gasteiger partial charge >= 0.3 is 0 Å². The zero-order valence-corrected chi connectivity index (χ0v) is 19.6. The Morgan fingerprint density at radius 3 is 2.55 bits per heavy atom. The zero-order chi connectivity index (χ0) is 22.9. The van der Waals surface area contributed by atoms with Crippen molar-refractivity contribution < 1.29 is 14.3 Å². The number of morpholine rings is 1. The van der Waals surface area contributed by atoms with Gasteiger partial charge in [0.05, 0.1) is 26.4 Å². The highest BCUT2D eigenvalue weighted by atomic mass is 32.2. The van der Waals surface area contributed by atoms with Crippen LogP contribution in [0.15, 0.2) is 78.0 Å². The van der Waals surface area contributed by atoms with Gasteiger partial charge in [0.2, 0.25) is 0 Å². The Hall–Kier alpha value is -2.87. The average Bonchev–Trinajstić information content (AvgIpc) is 2.89. The van der Waals surface area contributed by atoms with Crippen LogP contribution >= 0.6 is 11.8 Å². The molecule has 172 valence electrons. The van der Waals surface area contributed by atoms with Crippen LogP contribution < -0.4 is 10.1 Å². The Morgan fingerprint density at radius 1 is 1.12 bits per heavy atom. The van der Waals surface area contributed by atoms with Crippen molar-refractivity contribution in [3.8, 4) is 5.75 Å². The summed E-state index contributed by atoms with van der Waals surface area (Å²) in [6, 6.07) is 19.9. The van der Waals surface area contributed by atoms with E-state index in [4.69, 9.17) is 9.47 Å². The number of hydrogen-bond acceptors (Lipinski definition) is 6. The largest absolute Gasteiger partial charge is 0.497 e. The van der Waals surface area contributed by atoms with E-state index in [1.807, 2.05) is 48.7 Å². The molecule has 1 aliphatic heterocycles. The Labute approximate surface area is 199 Å². The summed E-state index contributed by atoms with van der Waals surface area (Å²) >= 11 is 1.73. The van der Waals surface area contributed by atoms with Gasteiger partial charge in [0.15, 0.2) is 0 Å². The van der Waals surface area contributed by atoms with E-state index in [-0.39, 0.29) is 11.9 Å². The number of nitrogens with zero attached hydrogens (tertiary/aromatic N) is 2. The minimum Gasteiger partial charge on any atom is -0.497 e. The third-order valence-electron chi connectivity index (χ3n) is 5.69. The predicted octanol–water partition coefficient (Wildman–Crippen LogP) is 4.19. The second-order valence-electron chi connectivity index (χ2n) is 7.82. The van der Waals surface area contributed by atoms with E-state index in [9.17, 15) is 4.79 Å². The molecule has 1 fully saturated rings. The summed E-state index contributed by atoms with van der Waals surface area (Å²) in [7, 11) is 1.66. The highest BCUT2D eigenvalue weighted by molar-refractivity contribution is 7.98. The van der Waals surface area contributed by atoms with Crippen LogP contribution in [0.1, 0.15) is 27.5 Å². The van der Waals surface area contributed by atoms with Gasteiger partial charge in [-0.05, 0) is 53.6 Å². The lowest BCUT2D eigenvalue weighted by atomic mass is 10.0. The van der Waals surface area contributed by atoms with Crippen LogP contribution in [0.3, 0.4) is 0 Å². The molecule has 0 radical (unpaired) electrons. The summed E-state index contributed by atoms with van der Waals surface area (Å²) in [5, 5.41) is 3.13. The molecule has 2 aromatic carbocycles. The first-order valence-corrected chi connectivity index (χ1v) is 12.1.